The van der Waals surface area contributed by atoms with E-state index in [0.717, 1.165) is 36.2 Å². The standard InChI is InChI=1S/C23H20F7N3O6S/c1-31(14-4-2-13(24)3-5-14)21(36)39-19-15(23(28,29)30)8-12(22(25,26)27)9-16(19)32-6-7-33(20(32)35)17-10-40(37,38)11-18(17)34/h2-5,8-9,17-18,34H,6-7,10-11H2,1H3. The average Bonchev–Trinajstić information content (AvgIpc) is 3.34. The summed E-state index contributed by atoms with van der Waals surface area (Å²) in [5.74, 6) is -3.43. The number of hydrogen-bond donors (Lipinski definition) is 1. The first kappa shape index (κ1) is 29.4. The average molecular weight is 599 g/mol. The number of carbonyl (C=O) groups is 2. The molecule has 0 spiro atoms. The molecule has 9 nitrogen and oxygen atoms in total. The third-order valence-corrected chi connectivity index (χ3v) is 8.10. The number of alkyl halides is 6. The molecule has 2 aromatic carbocycles. The predicted molar refractivity (Wildman–Crippen MR) is 125 cm³/mol. The van der Waals surface area contributed by atoms with Crippen LogP contribution >= 0.6 is 0 Å². The van der Waals surface area contributed by atoms with Crippen molar-refractivity contribution in [3.63, 3.8) is 0 Å². The molecule has 0 radical (unpaired) electrons. The molecule has 2 fully saturated rings. The van der Waals surface area contributed by atoms with Crippen LogP contribution in [0.3, 0.4) is 0 Å². The lowest BCUT2D eigenvalue weighted by molar-refractivity contribution is -0.143. The van der Waals surface area contributed by atoms with Gasteiger partial charge >= 0.3 is 24.5 Å². The highest BCUT2D eigenvalue weighted by molar-refractivity contribution is 7.91. The monoisotopic (exact) mass is 599 g/mol. The number of anilines is 2. The summed E-state index contributed by atoms with van der Waals surface area (Å²) < 4.78 is 125. The number of amides is 3. The number of rotatable bonds is 4. The Balaban J connectivity index is 1.79. The first-order chi connectivity index (χ1) is 18.4. The number of sulfone groups is 1. The van der Waals surface area contributed by atoms with E-state index in [2.05, 4.69) is 0 Å². The number of hydrogen-bond acceptors (Lipinski definition) is 6. The third-order valence-electron chi connectivity index (χ3n) is 6.40. The molecule has 17 heteroatoms. The van der Waals surface area contributed by atoms with Crippen molar-refractivity contribution in [2.75, 3.05) is 41.4 Å². The lowest BCUT2D eigenvalue weighted by atomic mass is 10.1. The molecular weight excluding hydrogens is 579 g/mol. The van der Waals surface area contributed by atoms with E-state index in [9.17, 15) is 53.8 Å². The largest absolute Gasteiger partial charge is 0.420 e. The molecule has 3 amide bonds. The Labute approximate surface area is 222 Å². The summed E-state index contributed by atoms with van der Waals surface area (Å²) in [7, 11) is -2.71. The van der Waals surface area contributed by atoms with Crippen LogP contribution in [0.25, 0.3) is 0 Å². The van der Waals surface area contributed by atoms with Gasteiger partial charge in [-0.2, -0.15) is 26.3 Å². The van der Waals surface area contributed by atoms with Gasteiger partial charge in [-0.3, -0.25) is 9.80 Å². The van der Waals surface area contributed by atoms with Crippen LogP contribution in [0.4, 0.5) is 51.7 Å². The number of nitrogens with zero attached hydrogens (tertiary/aromatic N) is 3. The minimum atomic E-state index is -5.49. The molecule has 0 aliphatic carbocycles. The minimum Gasteiger partial charge on any atom is -0.407 e. The summed E-state index contributed by atoms with van der Waals surface area (Å²) in [4.78, 5) is 28.0. The molecule has 40 heavy (non-hydrogen) atoms. The number of benzene rings is 2. The topological polar surface area (TPSA) is 107 Å². The first-order valence-corrected chi connectivity index (χ1v) is 13.2. The van der Waals surface area contributed by atoms with E-state index in [0.29, 0.717) is 9.80 Å². The van der Waals surface area contributed by atoms with Gasteiger partial charge < -0.3 is 14.7 Å². The van der Waals surface area contributed by atoms with Crippen LogP contribution in [0.1, 0.15) is 11.1 Å². The van der Waals surface area contributed by atoms with Crippen LogP contribution in [-0.2, 0) is 22.2 Å². The molecule has 4 rings (SSSR count). The van der Waals surface area contributed by atoms with Gasteiger partial charge in [-0.1, -0.05) is 0 Å². The van der Waals surface area contributed by atoms with Gasteiger partial charge in [0.05, 0.1) is 34.9 Å². The van der Waals surface area contributed by atoms with Gasteiger partial charge in [-0.05, 0) is 36.4 Å². The minimum absolute atomic E-state index is 0.0340. The summed E-state index contributed by atoms with van der Waals surface area (Å²) in [5.41, 5.74) is -4.89. The molecule has 2 heterocycles. The SMILES string of the molecule is CN(C(=O)Oc1c(N2CCN(C3CS(=O)(=O)CC3O)C2=O)cc(C(F)(F)F)cc1C(F)(F)F)c1ccc(F)cc1. The highest BCUT2D eigenvalue weighted by atomic mass is 32.2. The van der Waals surface area contributed by atoms with Crippen LogP contribution in [0, 0.1) is 5.82 Å². The number of carbonyl (C=O) groups excluding carboxylic acids is 2. The molecule has 218 valence electrons. The molecule has 0 bridgehead atoms. The Kier molecular flexibility index (Phi) is 7.42. The number of aliphatic hydroxyl groups excluding tert-OH is 1. The molecule has 1 N–H and O–H groups in total. The lowest BCUT2D eigenvalue weighted by Crippen LogP contribution is -2.45. The van der Waals surface area contributed by atoms with Gasteiger partial charge in [-0.15, -0.1) is 0 Å². The third kappa shape index (κ3) is 5.79. The first-order valence-electron chi connectivity index (χ1n) is 11.4. The predicted octanol–water partition coefficient (Wildman–Crippen LogP) is 3.90. The lowest BCUT2D eigenvalue weighted by Gasteiger charge is -2.28. The van der Waals surface area contributed by atoms with Crippen molar-refractivity contribution in [1.29, 1.82) is 0 Å². The number of aliphatic hydroxyl groups is 1. The van der Waals surface area contributed by atoms with E-state index in [-0.39, 0.29) is 24.4 Å². The highest BCUT2D eigenvalue weighted by Gasteiger charge is 2.48. The molecule has 0 saturated carbocycles. The second-order valence-corrected chi connectivity index (χ2v) is 11.3. The van der Waals surface area contributed by atoms with Crippen molar-refractivity contribution in [3.05, 3.63) is 53.3 Å². The summed E-state index contributed by atoms with van der Waals surface area (Å²) in [6, 6.07) is 1.53. The number of urea groups is 1. The molecule has 2 unspecified atom stereocenters. The van der Waals surface area contributed by atoms with Crippen LogP contribution in [-0.4, -0.2) is 74.3 Å². The van der Waals surface area contributed by atoms with Gasteiger partial charge in [0.2, 0.25) is 0 Å². The molecule has 2 atom stereocenters. The number of ether oxygens (including phenoxy) is 1. The van der Waals surface area contributed by atoms with Crippen LogP contribution in [0.2, 0.25) is 0 Å². The van der Waals surface area contributed by atoms with Crippen molar-refractivity contribution < 1.29 is 58.6 Å². The normalized spacial score (nSPS) is 21.2. The van der Waals surface area contributed by atoms with E-state index < -0.39 is 92.9 Å². The Morgan fingerprint density at radius 3 is 2.17 bits per heavy atom. The van der Waals surface area contributed by atoms with Gasteiger partial charge in [0, 0.05) is 25.8 Å². The fourth-order valence-electron chi connectivity index (χ4n) is 4.41. The zero-order chi connectivity index (χ0) is 29.8. The molecular formula is C23H20F7N3O6S. The highest BCUT2D eigenvalue weighted by Crippen LogP contribution is 2.47. The molecule has 2 aliphatic rings. The van der Waals surface area contributed by atoms with Crippen molar-refractivity contribution >= 4 is 33.3 Å². The Hall–Kier alpha value is -3.60. The van der Waals surface area contributed by atoms with Crippen molar-refractivity contribution in [2.24, 2.45) is 0 Å². The zero-order valence-electron chi connectivity index (χ0n) is 20.3. The second-order valence-electron chi connectivity index (χ2n) is 9.11. The van der Waals surface area contributed by atoms with Crippen molar-refractivity contribution in [3.8, 4) is 5.75 Å². The molecule has 2 aliphatic heterocycles. The summed E-state index contributed by atoms with van der Waals surface area (Å²) in [6.07, 6.45) is -13.8. The maximum atomic E-state index is 14.0. The van der Waals surface area contributed by atoms with Gasteiger partial charge in [0.25, 0.3) is 0 Å². The maximum Gasteiger partial charge on any atom is 0.420 e. The van der Waals surface area contributed by atoms with Crippen LogP contribution in [0.15, 0.2) is 36.4 Å². The molecule has 0 aromatic heterocycles. The van der Waals surface area contributed by atoms with Crippen molar-refractivity contribution in [1.82, 2.24) is 4.90 Å². The zero-order valence-corrected chi connectivity index (χ0v) is 21.1. The van der Waals surface area contributed by atoms with E-state index in [4.69, 9.17) is 4.74 Å². The van der Waals surface area contributed by atoms with Crippen LogP contribution < -0.4 is 14.5 Å². The van der Waals surface area contributed by atoms with Gasteiger partial charge in [0.15, 0.2) is 15.6 Å². The Bertz CT molecular complexity index is 1430. The quantitative estimate of drug-likeness (QED) is 0.535. The van der Waals surface area contributed by atoms with Gasteiger partial charge in [-0.25, -0.2) is 22.4 Å². The van der Waals surface area contributed by atoms with Crippen LogP contribution in [0.5, 0.6) is 5.75 Å². The van der Waals surface area contributed by atoms with E-state index in [1.54, 1.807) is 0 Å². The number of halogens is 7. The molecule has 2 saturated heterocycles. The van der Waals surface area contributed by atoms with E-state index in [1.165, 1.54) is 0 Å². The van der Waals surface area contributed by atoms with Crippen molar-refractivity contribution in [2.45, 2.75) is 24.5 Å². The molecule has 2 aromatic rings. The Morgan fingerprint density at radius 2 is 1.65 bits per heavy atom. The summed E-state index contributed by atoms with van der Waals surface area (Å²) in [6.45, 7) is -0.865. The second kappa shape index (κ2) is 10.1. The summed E-state index contributed by atoms with van der Waals surface area (Å²) in [5, 5.41) is 10.1. The smallest absolute Gasteiger partial charge is 0.407 e. The Morgan fingerprint density at radius 1 is 1.02 bits per heavy atom. The fraction of sp³-hybridized carbons (Fsp3) is 0.391. The fourth-order valence-corrected chi connectivity index (χ4v) is 6.22. The van der Waals surface area contributed by atoms with E-state index >= 15 is 0 Å². The van der Waals surface area contributed by atoms with Gasteiger partial charge in [0.1, 0.15) is 11.4 Å². The van der Waals surface area contributed by atoms with E-state index in [1.807, 2.05) is 0 Å². The maximum absolute atomic E-state index is 14.0. The summed E-state index contributed by atoms with van der Waals surface area (Å²) >= 11 is 0.